The molecule has 16 nitrogen and oxygen atoms in total. The first-order valence-corrected chi connectivity index (χ1v) is 22.5. The molecule has 0 radical (unpaired) electrons. The summed E-state index contributed by atoms with van der Waals surface area (Å²) in [6.07, 6.45) is -5.66. The van der Waals surface area contributed by atoms with Crippen LogP contribution >= 0.6 is 0 Å². The third-order valence-electron chi connectivity index (χ3n) is 13.7. The van der Waals surface area contributed by atoms with Crippen LogP contribution in [0, 0.1) is 35.5 Å². The topological polar surface area (TPSA) is 220 Å². The highest BCUT2D eigenvalue weighted by Gasteiger charge is 2.51. The minimum absolute atomic E-state index is 0.0280. The molecule has 4 aliphatic heterocycles. The van der Waals surface area contributed by atoms with Crippen molar-refractivity contribution in [2.24, 2.45) is 35.5 Å². The molecule has 5 N–H and O–H groups in total. The molecule has 0 aromatic heterocycles. The van der Waals surface area contributed by atoms with Crippen molar-refractivity contribution in [2.75, 3.05) is 20.7 Å². The number of carbonyl (C=O) groups is 3. The van der Waals surface area contributed by atoms with E-state index in [0.717, 1.165) is 11.9 Å². The van der Waals surface area contributed by atoms with Crippen LogP contribution in [-0.4, -0.2) is 161 Å². The summed E-state index contributed by atoms with van der Waals surface area (Å²) in [5.74, 6) is -3.54. The van der Waals surface area contributed by atoms with E-state index in [2.05, 4.69) is 0 Å². The van der Waals surface area contributed by atoms with Crippen LogP contribution in [0.4, 0.5) is 0 Å². The average molecular weight is 884 g/mol. The molecule has 3 saturated heterocycles. The zero-order valence-electron chi connectivity index (χ0n) is 38.9. The van der Waals surface area contributed by atoms with Crippen LogP contribution in [0.2, 0.25) is 0 Å². The fraction of sp³-hybridized carbons (Fsp3) is 0.848. The maximum Gasteiger partial charge on any atom is 0.308 e. The monoisotopic (exact) mass is 884 g/mol. The highest BCUT2D eigenvalue weighted by atomic mass is 16.7. The first-order valence-electron chi connectivity index (χ1n) is 22.5. The molecule has 21 atom stereocenters. The summed E-state index contributed by atoms with van der Waals surface area (Å²) in [5, 5.41) is 55.6. The van der Waals surface area contributed by atoms with Crippen LogP contribution in [0.1, 0.15) is 101 Å². The van der Waals surface area contributed by atoms with E-state index >= 15 is 0 Å². The van der Waals surface area contributed by atoms with Gasteiger partial charge in [0.1, 0.15) is 30.7 Å². The summed E-state index contributed by atoms with van der Waals surface area (Å²) >= 11 is 0. The smallest absolute Gasteiger partial charge is 0.308 e. The number of cyclic esters (lactones) is 1. The Morgan fingerprint density at radius 1 is 0.855 bits per heavy atom. The van der Waals surface area contributed by atoms with Crippen molar-refractivity contribution in [1.82, 2.24) is 4.90 Å². The molecule has 0 saturated carbocycles. The Labute approximate surface area is 368 Å². The summed E-state index contributed by atoms with van der Waals surface area (Å²) in [7, 11) is 3.52. The number of likely N-dealkylation sites (N-methyl/N-ethyl adjacent to an activating group) is 1. The van der Waals surface area contributed by atoms with Crippen molar-refractivity contribution in [3.8, 4) is 0 Å². The quantitative estimate of drug-likeness (QED) is 0.149. The molecular formula is C46H77NO15. The van der Waals surface area contributed by atoms with Crippen LogP contribution in [0.5, 0.6) is 0 Å². The van der Waals surface area contributed by atoms with Gasteiger partial charge in [0.25, 0.3) is 0 Å². The van der Waals surface area contributed by atoms with Crippen molar-refractivity contribution in [2.45, 2.75) is 193 Å². The molecule has 16 heteroatoms. The fourth-order valence-electron chi connectivity index (χ4n) is 9.46. The second-order valence-corrected chi connectivity index (χ2v) is 19.1. The number of nitrogens with zero attached hydrogens (tertiary/aromatic N) is 1. The average Bonchev–Trinajstić information content (AvgIpc) is 3.20. The maximum atomic E-state index is 13.7. The number of aliphatic hydroxyl groups is 5. The molecule has 62 heavy (non-hydrogen) atoms. The van der Waals surface area contributed by atoms with Gasteiger partial charge in [0, 0.05) is 36.5 Å². The first-order chi connectivity index (χ1) is 29.0. The van der Waals surface area contributed by atoms with Gasteiger partial charge >= 0.3 is 5.97 Å². The molecule has 0 unspecified atom stereocenters. The lowest BCUT2D eigenvalue weighted by Crippen LogP contribution is -2.65. The van der Waals surface area contributed by atoms with Gasteiger partial charge in [0.15, 0.2) is 24.7 Å². The van der Waals surface area contributed by atoms with Gasteiger partial charge in [0.05, 0.1) is 61.3 Å². The lowest BCUT2D eigenvalue weighted by molar-refractivity contribution is -0.341. The zero-order valence-corrected chi connectivity index (χ0v) is 38.9. The SMILES string of the molecule is CC[C@H]1OC(=O)C[C@@H](O)[C@H](C)[C@@H](O[C@@H]2O[C@H](C)[C@@H](O[C@H]3C[C@@](C)(O)[C@@H](O)[C@H](C)O3)[C@H](N(C)C)[C@H]2O)[C@@H](CC=O)C[C@@H](C)C(=O)/C=C/C(C)=C/[C@@H]1CO[C@@H]1O[C@H](C)[C@@H](O)[C@@H](C)[C@H]1C. The number of esters is 1. The number of ether oxygens (including phenoxy) is 7. The van der Waals surface area contributed by atoms with Gasteiger partial charge in [0.2, 0.25) is 0 Å². The van der Waals surface area contributed by atoms with Gasteiger partial charge in [-0.2, -0.15) is 0 Å². The summed E-state index contributed by atoms with van der Waals surface area (Å²) < 4.78 is 43.6. The highest BCUT2D eigenvalue weighted by Crippen LogP contribution is 2.38. The molecule has 4 aliphatic rings. The van der Waals surface area contributed by atoms with Gasteiger partial charge in [-0.25, -0.2) is 0 Å². The Balaban J connectivity index is 1.61. The van der Waals surface area contributed by atoms with Crippen LogP contribution in [0.3, 0.4) is 0 Å². The van der Waals surface area contributed by atoms with Crippen LogP contribution in [0.15, 0.2) is 23.8 Å². The zero-order chi connectivity index (χ0) is 46.4. The summed E-state index contributed by atoms with van der Waals surface area (Å²) in [6.45, 7) is 17.9. The molecule has 356 valence electrons. The standard InChI is InChI=1S/C46H77NO15/c1-13-35-32(22-56-44-26(5)25(4)39(52)28(7)58-44)18-23(2)14-15-33(49)24(3)19-31(16-17-48)41(27(6)34(50)20-36(51)60-35)62-45-40(53)38(47(11)12)42(29(8)59-45)61-37-21-46(10,55)43(54)30(9)57-37/h14-15,17-18,24-32,34-35,37-45,50,52-55H,13,16,19-22H2,1-12H3/b15-14+,23-18+/t24-,25+,26-,27+,28-,29-,30+,31+,32-,34-,35-,37+,38-,39+,40-,41-,42-,43+,44-,45+,46-/m1/s1. The normalized spacial score (nSPS) is 47.0. The lowest BCUT2D eigenvalue weighted by atomic mass is 9.79. The van der Waals surface area contributed by atoms with E-state index in [0.29, 0.717) is 6.42 Å². The van der Waals surface area contributed by atoms with E-state index in [4.69, 9.17) is 33.2 Å². The Morgan fingerprint density at radius 2 is 1.52 bits per heavy atom. The van der Waals surface area contributed by atoms with Crippen molar-refractivity contribution < 1.29 is 73.1 Å². The number of hydrogen-bond donors (Lipinski definition) is 5. The maximum absolute atomic E-state index is 13.7. The van der Waals surface area contributed by atoms with Gasteiger partial charge in [-0.3, -0.25) is 9.59 Å². The molecule has 0 bridgehead atoms. The molecule has 0 spiro atoms. The van der Waals surface area contributed by atoms with Crippen LogP contribution < -0.4 is 0 Å². The number of carbonyl (C=O) groups excluding carboxylic acids is 3. The third-order valence-corrected chi connectivity index (χ3v) is 13.7. The highest BCUT2D eigenvalue weighted by molar-refractivity contribution is 5.91. The minimum Gasteiger partial charge on any atom is -0.462 e. The second kappa shape index (κ2) is 22.8. The molecule has 3 fully saturated rings. The number of aliphatic hydroxyl groups excluding tert-OH is 4. The number of allylic oxidation sites excluding steroid dienone is 3. The van der Waals surface area contributed by atoms with Gasteiger partial charge < -0.3 is 68.4 Å². The summed E-state index contributed by atoms with van der Waals surface area (Å²) in [4.78, 5) is 41.4. The molecule has 0 aromatic carbocycles. The van der Waals surface area contributed by atoms with E-state index in [9.17, 15) is 39.9 Å². The van der Waals surface area contributed by atoms with Crippen molar-refractivity contribution in [3.05, 3.63) is 23.8 Å². The minimum atomic E-state index is -1.48. The van der Waals surface area contributed by atoms with E-state index < -0.39 is 128 Å². The van der Waals surface area contributed by atoms with E-state index in [-0.39, 0.29) is 43.5 Å². The van der Waals surface area contributed by atoms with E-state index in [1.165, 1.54) is 13.0 Å². The van der Waals surface area contributed by atoms with Crippen molar-refractivity contribution in [1.29, 1.82) is 0 Å². The number of ketones is 1. The Bertz CT molecular complexity index is 1520. The molecule has 4 heterocycles. The summed E-state index contributed by atoms with van der Waals surface area (Å²) in [5.41, 5.74) is -0.748. The first kappa shape index (κ1) is 52.4. The lowest BCUT2D eigenvalue weighted by Gasteiger charge is -2.50. The Kier molecular flexibility index (Phi) is 19.3. The van der Waals surface area contributed by atoms with Crippen LogP contribution in [-0.2, 0) is 47.5 Å². The largest absolute Gasteiger partial charge is 0.462 e. The second-order valence-electron chi connectivity index (χ2n) is 19.1. The number of aldehydes is 1. The molecular weight excluding hydrogens is 806 g/mol. The van der Waals surface area contributed by atoms with Gasteiger partial charge in [-0.05, 0) is 79.5 Å². The van der Waals surface area contributed by atoms with Gasteiger partial charge in [-0.1, -0.05) is 52.3 Å². The van der Waals surface area contributed by atoms with Crippen LogP contribution in [0.25, 0.3) is 0 Å². The summed E-state index contributed by atoms with van der Waals surface area (Å²) in [6, 6.07) is -0.735. The third kappa shape index (κ3) is 13.0. The predicted octanol–water partition coefficient (Wildman–Crippen LogP) is 3.08. The predicted molar refractivity (Wildman–Crippen MR) is 227 cm³/mol. The Morgan fingerprint density at radius 3 is 2.13 bits per heavy atom. The van der Waals surface area contributed by atoms with Crippen molar-refractivity contribution >= 4 is 18.0 Å². The fourth-order valence-corrected chi connectivity index (χ4v) is 9.46. The number of rotatable bonds is 11. The van der Waals surface area contributed by atoms with Gasteiger partial charge in [-0.15, -0.1) is 0 Å². The number of hydrogen-bond acceptors (Lipinski definition) is 16. The molecule has 0 aliphatic carbocycles. The molecule has 0 amide bonds. The Hall–Kier alpha value is -2.19. The van der Waals surface area contributed by atoms with E-state index in [1.807, 2.05) is 33.8 Å². The van der Waals surface area contributed by atoms with Crippen molar-refractivity contribution in [3.63, 3.8) is 0 Å². The van der Waals surface area contributed by atoms with E-state index in [1.54, 1.807) is 59.7 Å². The molecule has 4 rings (SSSR count). The molecule has 0 aromatic rings.